The van der Waals surface area contributed by atoms with Gasteiger partial charge in [0.2, 0.25) is 11.8 Å². The summed E-state index contributed by atoms with van der Waals surface area (Å²) in [5.41, 5.74) is -0.306. The highest BCUT2D eigenvalue weighted by molar-refractivity contribution is 5.77. The van der Waals surface area contributed by atoms with Gasteiger partial charge in [0.05, 0.1) is 0 Å². The molecule has 4 heteroatoms. The Kier molecular flexibility index (Phi) is 26.4. The Labute approximate surface area is 276 Å². The Bertz CT molecular complexity index is 673. The summed E-state index contributed by atoms with van der Waals surface area (Å²) in [5.74, 6) is 0.382. The van der Waals surface area contributed by atoms with E-state index < -0.39 is 0 Å². The Morgan fingerprint density at radius 3 is 0.955 bits per heavy atom. The van der Waals surface area contributed by atoms with E-state index in [1.165, 1.54) is 122 Å². The Morgan fingerprint density at radius 1 is 0.432 bits per heavy atom. The number of hydrogen-bond acceptors (Lipinski definition) is 2. The van der Waals surface area contributed by atoms with E-state index in [-0.39, 0.29) is 22.6 Å². The van der Waals surface area contributed by atoms with Gasteiger partial charge in [-0.2, -0.15) is 0 Å². The second-order valence-electron chi connectivity index (χ2n) is 15.8. The van der Waals surface area contributed by atoms with Crippen molar-refractivity contribution in [2.45, 2.75) is 234 Å². The molecule has 0 radical (unpaired) electrons. The zero-order valence-electron chi connectivity index (χ0n) is 31.4. The van der Waals surface area contributed by atoms with Gasteiger partial charge in [0.25, 0.3) is 0 Å². The number of amides is 2. The van der Waals surface area contributed by atoms with E-state index >= 15 is 0 Å². The molecule has 0 aromatic rings. The fourth-order valence-corrected chi connectivity index (χ4v) is 7.22. The van der Waals surface area contributed by atoms with E-state index in [9.17, 15) is 9.59 Å². The highest BCUT2D eigenvalue weighted by Gasteiger charge is 2.33. The molecule has 262 valence electrons. The zero-order valence-corrected chi connectivity index (χ0v) is 31.4. The summed E-state index contributed by atoms with van der Waals surface area (Å²) in [6.45, 7) is 17.9. The molecule has 0 aliphatic heterocycles. The van der Waals surface area contributed by atoms with E-state index in [1.54, 1.807) is 0 Å². The van der Waals surface area contributed by atoms with Crippen LogP contribution in [0.3, 0.4) is 0 Å². The van der Waals surface area contributed by atoms with Gasteiger partial charge in [0.15, 0.2) is 0 Å². The van der Waals surface area contributed by atoms with Crippen LogP contribution in [0, 0.1) is 10.8 Å². The molecule has 0 aliphatic carbocycles. The summed E-state index contributed by atoms with van der Waals surface area (Å²) in [4.78, 5) is 26.6. The van der Waals surface area contributed by atoms with Crippen molar-refractivity contribution in [2.24, 2.45) is 10.8 Å². The van der Waals surface area contributed by atoms with Gasteiger partial charge in [-0.05, 0) is 42.9 Å². The van der Waals surface area contributed by atoms with Gasteiger partial charge < -0.3 is 10.6 Å². The molecule has 0 aromatic carbocycles. The molecule has 0 fully saturated rings. The molecule has 0 aliphatic rings. The molecule has 0 aromatic heterocycles. The van der Waals surface area contributed by atoms with Crippen molar-refractivity contribution in [3.05, 3.63) is 0 Å². The first-order valence-electron chi connectivity index (χ1n) is 19.6. The highest BCUT2D eigenvalue weighted by Crippen LogP contribution is 2.38. The molecule has 1 unspecified atom stereocenters. The van der Waals surface area contributed by atoms with Gasteiger partial charge in [0.1, 0.15) is 0 Å². The minimum absolute atomic E-state index is 0.153. The first-order valence-corrected chi connectivity index (χ1v) is 19.6. The standard InChI is InChI=1S/C40H80N2O2/c1-9-13-17-21-25-29-35(28-24-20-16-12-4)41-37(43)32-39(5,6)34-40(7,8)33-38(44)42-36(30-26-22-18-14-10-2)31-27-23-19-15-11-3/h35-36H,9-34H2,1-8H3,(H,41,43)(H,42,44). The molecule has 0 saturated carbocycles. The number of carbonyl (C=O) groups is 2. The molecule has 44 heavy (non-hydrogen) atoms. The van der Waals surface area contributed by atoms with Crippen LogP contribution in [0.15, 0.2) is 0 Å². The number of hydrogen-bond donors (Lipinski definition) is 2. The second-order valence-corrected chi connectivity index (χ2v) is 15.8. The fourth-order valence-electron chi connectivity index (χ4n) is 7.22. The van der Waals surface area contributed by atoms with E-state index in [0.29, 0.717) is 24.9 Å². The quantitative estimate of drug-likeness (QED) is 0.0757. The molecule has 2 N–H and O–H groups in total. The van der Waals surface area contributed by atoms with Crippen LogP contribution in [0.25, 0.3) is 0 Å². The molecular formula is C40H80N2O2. The highest BCUT2D eigenvalue weighted by atomic mass is 16.2. The monoisotopic (exact) mass is 621 g/mol. The van der Waals surface area contributed by atoms with Crippen LogP contribution in [0.2, 0.25) is 0 Å². The third kappa shape index (κ3) is 26.2. The van der Waals surface area contributed by atoms with Crippen LogP contribution in [0.5, 0.6) is 0 Å². The summed E-state index contributed by atoms with van der Waals surface area (Å²) in [6.07, 6.45) is 30.4. The van der Waals surface area contributed by atoms with Crippen LogP contribution in [0.4, 0.5) is 0 Å². The van der Waals surface area contributed by atoms with Crippen LogP contribution < -0.4 is 10.6 Å². The average molecular weight is 621 g/mol. The minimum atomic E-state index is -0.153. The Hall–Kier alpha value is -1.06. The first kappa shape index (κ1) is 42.9. The van der Waals surface area contributed by atoms with Crippen molar-refractivity contribution in [3.63, 3.8) is 0 Å². The lowest BCUT2D eigenvalue weighted by Gasteiger charge is -2.35. The summed E-state index contributed by atoms with van der Waals surface area (Å²) in [5, 5.41) is 6.89. The predicted octanol–water partition coefficient (Wildman–Crippen LogP) is 12.2. The molecular weight excluding hydrogens is 540 g/mol. The van der Waals surface area contributed by atoms with E-state index in [2.05, 4.69) is 66.0 Å². The summed E-state index contributed by atoms with van der Waals surface area (Å²) >= 11 is 0. The van der Waals surface area contributed by atoms with Crippen LogP contribution >= 0.6 is 0 Å². The topological polar surface area (TPSA) is 58.2 Å². The smallest absolute Gasteiger partial charge is 0.220 e. The number of rotatable bonds is 31. The lowest BCUT2D eigenvalue weighted by atomic mass is 9.71. The summed E-state index contributed by atoms with van der Waals surface area (Å²) in [6, 6.07) is 0.605. The maximum Gasteiger partial charge on any atom is 0.220 e. The van der Waals surface area contributed by atoms with Crippen molar-refractivity contribution in [1.82, 2.24) is 10.6 Å². The van der Waals surface area contributed by atoms with Gasteiger partial charge in [-0.1, -0.05) is 177 Å². The summed E-state index contributed by atoms with van der Waals surface area (Å²) in [7, 11) is 0. The van der Waals surface area contributed by atoms with Crippen LogP contribution in [0.1, 0.15) is 222 Å². The maximum atomic E-state index is 13.3. The summed E-state index contributed by atoms with van der Waals surface area (Å²) < 4.78 is 0. The number of carbonyl (C=O) groups excluding carboxylic acids is 2. The van der Waals surface area contributed by atoms with Crippen molar-refractivity contribution in [1.29, 1.82) is 0 Å². The largest absolute Gasteiger partial charge is 0.353 e. The maximum absolute atomic E-state index is 13.3. The Morgan fingerprint density at radius 2 is 0.682 bits per heavy atom. The van der Waals surface area contributed by atoms with Gasteiger partial charge in [-0.15, -0.1) is 0 Å². The van der Waals surface area contributed by atoms with Gasteiger partial charge >= 0.3 is 0 Å². The van der Waals surface area contributed by atoms with Crippen molar-refractivity contribution < 1.29 is 9.59 Å². The lowest BCUT2D eigenvalue weighted by Crippen LogP contribution is -2.40. The molecule has 1 atom stereocenters. The van der Waals surface area contributed by atoms with E-state index in [1.807, 2.05) is 0 Å². The Balaban J connectivity index is 4.95. The molecule has 0 rings (SSSR count). The molecule has 0 spiro atoms. The average Bonchev–Trinajstić information content (AvgIpc) is 2.93. The molecule has 4 nitrogen and oxygen atoms in total. The van der Waals surface area contributed by atoms with Crippen LogP contribution in [-0.4, -0.2) is 23.9 Å². The van der Waals surface area contributed by atoms with Crippen molar-refractivity contribution in [2.75, 3.05) is 0 Å². The predicted molar refractivity (Wildman–Crippen MR) is 194 cm³/mol. The third-order valence-electron chi connectivity index (χ3n) is 9.34. The third-order valence-corrected chi connectivity index (χ3v) is 9.34. The number of nitrogens with one attached hydrogen (secondary N) is 2. The zero-order chi connectivity index (χ0) is 33.1. The molecule has 2 amide bonds. The minimum Gasteiger partial charge on any atom is -0.353 e. The molecule has 0 bridgehead atoms. The molecule has 0 heterocycles. The van der Waals surface area contributed by atoms with E-state index in [0.717, 1.165) is 32.1 Å². The fraction of sp³-hybridized carbons (Fsp3) is 0.950. The normalized spacial score (nSPS) is 12.9. The van der Waals surface area contributed by atoms with Crippen molar-refractivity contribution in [3.8, 4) is 0 Å². The van der Waals surface area contributed by atoms with E-state index in [4.69, 9.17) is 0 Å². The first-order chi connectivity index (χ1) is 21.0. The van der Waals surface area contributed by atoms with Crippen molar-refractivity contribution >= 4 is 11.8 Å². The SMILES string of the molecule is CCCCCCCC(CCCCCC)NC(=O)CC(C)(C)CC(C)(C)CC(=O)NC(CCCCCCC)CCCCCCC. The second kappa shape index (κ2) is 27.1. The van der Waals surface area contributed by atoms with Gasteiger partial charge in [0, 0.05) is 24.9 Å². The van der Waals surface area contributed by atoms with Crippen LogP contribution in [-0.2, 0) is 9.59 Å². The molecule has 0 saturated heterocycles. The lowest BCUT2D eigenvalue weighted by molar-refractivity contribution is -0.125. The van der Waals surface area contributed by atoms with Gasteiger partial charge in [-0.3, -0.25) is 9.59 Å². The van der Waals surface area contributed by atoms with Gasteiger partial charge in [-0.25, -0.2) is 0 Å². The number of unbranched alkanes of at least 4 members (excludes halogenated alkanes) is 15.